The van der Waals surface area contributed by atoms with Crippen LogP contribution in [0.15, 0.2) is 85.1 Å². The summed E-state index contributed by atoms with van der Waals surface area (Å²) in [6, 6.07) is -1.14. The SMILES string of the molecule is CC1C=CC=CC=CC=CC=CC=CC=CC(OC2OC(C)C(O)C(N)C2O)CC2O[C@](O)(CC(O)CC(O)C(O)CCC(O)CC(O)CC(=O)OC(C)C(C)C1C)CC(O)C2C(=O)O. The molecule has 2 saturated heterocycles. The molecule has 368 valence electrons. The molecule has 0 radical (unpaired) electrons. The monoisotopic (exact) mass is 922 g/mol. The molecule has 0 aromatic heterocycles. The van der Waals surface area contributed by atoms with Crippen LogP contribution >= 0.6 is 0 Å². The Labute approximate surface area is 382 Å². The molecule has 0 aromatic rings. The van der Waals surface area contributed by atoms with Gasteiger partial charge in [-0.2, -0.15) is 0 Å². The molecule has 18 unspecified atom stereocenters. The lowest BCUT2D eigenvalue weighted by Gasteiger charge is -2.45. The van der Waals surface area contributed by atoms with E-state index in [4.69, 9.17) is 24.7 Å². The molecule has 17 heteroatoms. The van der Waals surface area contributed by atoms with E-state index in [1.165, 1.54) is 13.0 Å². The topological polar surface area (TPSA) is 299 Å². The van der Waals surface area contributed by atoms with Gasteiger partial charge in [-0.3, -0.25) is 9.59 Å². The van der Waals surface area contributed by atoms with E-state index in [-0.39, 0.29) is 49.9 Å². The van der Waals surface area contributed by atoms with Gasteiger partial charge in [0.05, 0.1) is 73.5 Å². The Morgan fingerprint density at radius 1 is 0.662 bits per heavy atom. The predicted molar refractivity (Wildman–Crippen MR) is 240 cm³/mol. The highest BCUT2D eigenvalue weighted by Crippen LogP contribution is 2.38. The molecule has 12 N–H and O–H groups in total. The molecule has 2 fully saturated rings. The fourth-order valence-electron chi connectivity index (χ4n) is 8.18. The quantitative estimate of drug-likeness (QED) is 0.180. The van der Waals surface area contributed by atoms with Gasteiger partial charge in [-0.15, -0.1) is 0 Å². The number of carbonyl (C=O) groups is 2. The van der Waals surface area contributed by atoms with Gasteiger partial charge < -0.3 is 75.7 Å². The van der Waals surface area contributed by atoms with Gasteiger partial charge in [0.2, 0.25) is 0 Å². The van der Waals surface area contributed by atoms with Crippen LogP contribution < -0.4 is 5.73 Å². The molecule has 2 bridgehead atoms. The minimum Gasteiger partial charge on any atom is -0.481 e. The zero-order valence-corrected chi connectivity index (χ0v) is 38.1. The lowest BCUT2D eigenvalue weighted by atomic mass is 9.82. The van der Waals surface area contributed by atoms with Gasteiger partial charge >= 0.3 is 11.9 Å². The summed E-state index contributed by atoms with van der Waals surface area (Å²) < 4.78 is 23.3. The summed E-state index contributed by atoms with van der Waals surface area (Å²) >= 11 is 0. The number of ether oxygens (including phenoxy) is 4. The third-order valence-electron chi connectivity index (χ3n) is 12.6. The van der Waals surface area contributed by atoms with Gasteiger partial charge in [-0.05, 0) is 50.9 Å². The van der Waals surface area contributed by atoms with Crippen LogP contribution in [0.4, 0.5) is 0 Å². The number of aliphatic carboxylic acids is 1. The summed E-state index contributed by atoms with van der Waals surface area (Å²) in [4.78, 5) is 25.2. The van der Waals surface area contributed by atoms with E-state index in [0.29, 0.717) is 0 Å². The summed E-state index contributed by atoms with van der Waals surface area (Å²) in [7, 11) is 0. The second-order valence-electron chi connectivity index (χ2n) is 17.9. The molecule has 65 heavy (non-hydrogen) atoms. The maximum absolute atomic E-state index is 12.7. The van der Waals surface area contributed by atoms with Gasteiger partial charge in [0.15, 0.2) is 12.1 Å². The van der Waals surface area contributed by atoms with Crippen LogP contribution in [0.5, 0.6) is 0 Å². The van der Waals surface area contributed by atoms with Crippen molar-refractivity contribution in [1.82, 2.24) is 0 Å². The highest BCUT2D eigenvalue weighted by molar-refractivity contribution is 5.71. The molecule has 0 saturated carbocycles. The Kier molecular flexibility index (Phi) is 23.6. The molecule has 0 amide bonds. The average Bonchev–Trinajstić information content (AvgIpc) is 3.21. The minimum atomic E-state index is -2.31. The van der Waals surface area contributed by atoms with E-state index >= 15 is 0 Å². The third-order valence-corrected chi connectivity index (χ3v) is 12.6. The molecular weight excluding hydrogens is 847 g/mol. The largest absolute Gasteiger partial charge is 0.481 e. The van der Waals surface area contributed by atoms with Crippen molar-refractivity contribution in [3.63, 3.8) is 0 Å². The second kappa shape index (κ2) is 27.4. The molecular formula is C48H75NO16. The van der Waals surface area contributed by atoms with Crippen molar-refractivity contribution < 1.29 is 79.6 Å². The number of carboxylic acid groups (broad SMARTS) is 1. The number of fused-ring (bicyclic) bond motifs is 2. The Bertz CT molecular complexity index is 1660. The van der Waals surface area contributed by atoms with Gasteiger partial charge in [-0.1, -0.05) is 106 Å². The van der Waals surface area contributed by atoms with E-state index in [2.05, 4.69) is 19.9 Å². The van der Waals surface area contributed by atoms with Crippen LogP contribution in [-0.2, 0) is 28.5 Å². The number of carbonyl (C=O) groups excluding carboxylic acids is 1. The Morgan fingerprint density at radius 2 is 1.23 bits per heavy atom. The Balaban J connectivity index is 1.86. The molecule has 3 aliphatic rings. The van der Waals surface area contributed by atoms with Crippen molar-refractivity contribution in [3.8, 4) is 0 Å². The van der Waals surface area contributed by atoms with Gasteiger partial charge in [-0.25, -0.2) is 0 Å². The first-order chi connectivity index (χ1) is 30.6. The fourth-order valence-corrected chi connectivity index (χ4v) is 8.18. The predicted octanol–water partition coefficient (Wildman–Crippen LogP) is 1.99. The average molecular weight is 922 g/mol. The zero-order chi connectivity index (χ0) is 48.4. The van der Waals surface area contributed by atoms with Gasteiger partial charge in [0, 0.05) is 25.7 Å². The first kappa shape index (κ1) is 55.9. The van der Waals surface area contributed by atoms with Crippen molar-refractivity contribution in [1.29, 1.82) is 0 Å². The maximum atomic E-state index is 12.7. The lowest BCUT2D eigenvalue weighted by Crippen LogP contribution is -2.61. The van der Waals surface area contributed by atoms with E-state index in [9.17, 15) is 60.7 Å². The molecule has 0 spiro atoms. The van der Waals surface area contributed by atoms with E-state index in [1.807, 2.05) is 49.5 Å². The van der Waals surface area contributed by atoms with Crippen LogP contribution in [0.2, 0.25) is 0 Å². The van der Waals surface area contributed by atoms with Crippen LogP contribution in [-0.4, -0.2) is 154 Å². The van der Waals surface area contributed by atoms with Gasteiger partial charge in [0.25, 0.3) is 0 Å². The number of hydrogen-bond donors (Lipinski definition) is 11. The number of aliphatic hydroxyl groups excluding tert-OH is 8. The molecule has 3 heterocycles. The number of hydrogen-bond acceptors (Lipinski definition) is 16. The smallest absolute Gasteiger partial charge is 0.311 e. The summed E-state index contributed by atoms with van der Waals surface area (Å²) in [6.45, 7) is 9.49. The van der Waals surface area contributed by atoms with E-state index in [0.717, 1.165) is 0 Å². The van der Waals surface area contributed by atoms with Crippen LogP contribution in [0.3, 0.4) is 0 Å². The number of allylic oxidation sites excluding steroid dienone is 13. The Morgan fingerprint density at radius 3 is 1.82 bits per heavy atom. The standard InChI is InChI=1S/C48H75NO16/c1-28-18-16-14-12-10-8-6-7-9-11-13-15-17-19-36(64-47-45(58)43(49)44(57)32(5)63-47)25-40-42(46(59)60)39(55)27-48(61,65-40)26-35(52)23-38(54)37(53)21-20-33(50)22-34(51)24-41(56)62-31(4)30(3)29(28)2/h6-19,28-40,42-45,47,50-55,57-58,61H,20-27,49H2,1-5H3,(H,59,60)/t28?,29?,30?,31?,32?,33?,34?,35?,36?,37?,38?,39?,40?,42?,43?,44?,45?,47?,48-/m1/s1. The molecule has 3 aliphatic heterocycles. The number of cyclic esters (lactones) is 1. The number of esters is 1. The molecule has 0 aromatic carbocycles. The summed E-state index contributed by atoms with van der Waals surface area (Å²) in [6.07, 6.45) is 5.94. The molecule has 17 nitrogen and oxygen atoms in total. The first-order valence-electron chi connectivity index (χ1n) is 22.6. The number of carboxylic acids is 1. The number of aliphatic hydroxyl groups is 9. The summed E-state index contributed by atoms with van der Waals surface area (Å²) in [5.41, 5.74) is 6.02. The normalized spacial score (nSPS) is 42.0. The molecule has 19 atom stereocenters. The van der Waals surface area contributed by atoms with Crippen LogP contribution in [0.25, 0.3) is 0 Å². The second-order valence-corrected chi connectivity index (χ2v) is 17.9. The van der Waals surface area contributed by atoms with Crippen molar-refractivity contribution in [2.45, 2.75) is 177 Å². The highest BCUT2D eigenvalue weighted by atomic mass is 16.7. The van der Waals surface area contributed by atoms with E-state index < -0.39 is 128 Å². The first-order valence-corrected chi connectivity index (χ1v) is 22.6. The lowest BCUT2D eigenvalue weighted by molar-refractivity contribution is -0.308. The van der Waals surface area contributed by atoms with Crippen molar-refractivity contribution >= 4 is 11.9 Å². The summed E-state index contributed by atoms with van der Waals surface area (Å²) in [5.74, 6) is -5.65. The van der Waals surface area contributed by atoms with Crippen molar-refractivity contribution in [2.75, 3.05) is 0 Å². The molecule has 0 aliphatic carbocycles. The maximum Gasteiger partial charge on any atom is 0.311 e. The van der Waals surface area contributed by atoms with Crippen molar-refractivity contribution in [3.05, 3.63) is 85.1 Å². The minimum absolute atomic E-state index is 0.00816. The number of nitrogens with two attached hydrogens (primary N) is 1. The van der Waals surface area contributed by atoms with E-state index in [1.54, 1.807) is 37.3 Å². The zero-order valence-electron chi connectivity index (χ0n) is 38.1. The Hall–Kier alpha value is -3.40. The summed E-state index contributed by atoms with van der Waals surface area (Å²) in [5, 5.41) is 107. The molecule has 3 rings (SSSR count). The number of rotatable bonds is 3. The third kappa shape index (κ3) is 18.7. The fraction of sp³-hybridized carbons (Fsp3) is 0.667. The van der Waals surface area contributed by atoms with Crippen LogP contribution in [0.1, 0.15) is 86.0 Å². The van der Waals surface area contributed by atoms with Crippen molar-refractivity contribution in [2.24, 2.45) is 29.4 Å². The highest BCUT2D eigenvalue weighted by Gasteiger charge is 2.51. The van der Waals surface area contributed by atoms with Gasteiger partial charge in [0.1, 0.15) is 18.1 Å². The van der Waals surface area contributed by atoms with Crippen LogP contribution in [0, 0.1) is 23.7 Å².